The van der Waals surface area contributed by atoms with Crippen LogP contribution in [0.15, 0.2) is 12.1 Å². The van der Waals surface area contributed by atoms with Gasteiger partial charge in [0, 0.05) is 24.6 Å². The second kappa shape index (κ2) is 3.91. The van der Waals surface area contributed by atoms with E-state index in [2.05, 4.69) is 11.4 Å². The highest BCUT2D eigenvalue weighted by molar-refractivity contribution is 6.33. The van der Waals surface area contributed by atoms with Gasteiger partial charge in [0.25, 0.3) is 0 Å². The molecule has 16 heavy (non-hydrogen) atoms. The summed E-state index contributed by atoms with van der Waals surface area (Å²) < 4.78 is 11.0. The van der Waals surface area contributed by atoms with Crippen molar-refractivity contribution >= 4 is 11.6 Å². The number of hydrogen-bond acceptors (Lipinski definition) is 3. The number of ether oxygens (including phenoxy) is 2. The maximum absolute atomic E-state index is 6.29. The van der Waals surface area contributed by atoms with Crippen LogP contribution in [0.3, 0.4) is 0 Å². The molecule has 0 aliphatic carbocycles. The van der Waals surface area contributed by atoms with Crippen LogP contribution in [-0.4, -0.2) is 26.3 Å². The van der Waals surface area contributed by atoms with Crippen molar-refractivity contribution in [2.45, 2.75) is 18.6 Å². The van der Waals surface area contributed by atoms with Crippen LogP contribution in [0.4, 0.5) is 0 Å². The van der Waals surface area contributed by atoms with Gasteiger partial charge in [-0.1, -0.05) is 17.7 Å². The summed E-state index contributed by atoms with van der Waals surface area (Å²) in [7, 11) is 1.64. The van der Waals surface area contributed by atoms with E-state index in [0.29, 0.717) is 23.7 Å². The Morgan fingerprint density at radius 1 is 1.44 bits per heavy atom. The van der Waals surface area contributed by atoms with Gasteiger partial charge in [0.15, 0.2) is 0 Å². The van der Waals surface area contributed by atoms with E-state index in [1.165, 1.54) is 5.56 Å². The maximum Gasteiger partial charge on any atom is 0.137 e. The fraction of sp³-hybridized carbons (Fsp3) is 0.500. The quantitative estimate of drug-likeness (QED) is 0.813. The second-order valence-corrected chi connectivity index (χ2v) is 4.64. The molecule has 3 nitrogen and oxygen atoms in total. The summed E-state index contributed by atoms with van der Waals surface area (Å²) in [5, 5.41) is 4.05. The van der Waals surface area contributed by atoms with Gasteiger partial charge >= 0.3 is 0 Å². The number of halogens is 1. The maximum atomic E-state index is 6.29. The highest BCUT2D eigenvalue weighted by Crippen LogP contribution is 2.40. The molecular weight excluding hydrogens is 226 g/mol. The van der Waals surface area contributed by atoms with Crippen LogP contribution in [0.5, 0.6) is 5.75 Å². The predicted molar refractivity (Wildman–Crippen MR) is 62.2 cm³/mol. The predicted octanol–water partition coefficient (Wildman–Crippen LogP) is 1.93. The van der Waals surface area contributed by atoms with Crippen molar-refractivity contribution in [1.29, 1.82) is 0 Å². The molecule has 4 heteroatoms. The average molecular weight is 240 g/mol. The summed E-state index contributed by atoms with van der Waals surface area (Å²) in [6, 6.07) is 4.06. The van der Waals surface area contributed by atoms with Gasteiger partial charge < -0.3 is 14.8 Å². The first-order valence-electron chi connectivity index (χ1n) is 5.49. The zero-order chi connectivity index (χ0) is 11.1. The largest absolute Gasteiger partial charge is 0.495 e. The normalized spacial score (nSPS) is 27.4. The van der Waals surface area contributed by atoms with Crippen molar-refractivity contribution < 1.29 is 9.47 Å². The molecule has 0 bridgehead atoms. The highest BCUT2D eigenvalue weighted by Gasteiger charge is 2.35. The number of rotatable bonds is 1. The van der Waals surface area contributed by atoms with E-state index in [1.54, 1.807) is 7.11 Å². The van der Waals surface area contributed by atoms with Gasteiger partial charge in [-0.25, -0.2) is 0 Å². The SMILES string of the molecule is COc1ccc2c(c1Cl)CO[C@@H]1CNC[C@H]21. The number of benzene rings is 1. The van der Waals surface area contributed by atoms with Crippen LogP contribution in [0, 0.1) is 0 Å². The third kappa shape index (κ3) is 1.43. The lowest BCUT2D eigenvalue weighted by Gasteiger charge is -2.29. The van der Waals surface area contributed by atoms with Crippen molar-refractivity contribution in [2.24, 2.45) is 0 Å². The van der Waals surface area contributed by atoms with E-state index in [9.17, 15) is 0 Å². The first-order valence-corrected chi connectivity index (χ1v) is 5.86. The van der Waals surface area contributed by atoms with Crippen molar-refractivity contribution in [1.82, 2.24) is 5.32 Å². The Bertz CT molecular complexity index is 422. The van der Waals surface area contributed by atoms with E-state index in [1.807, 2.05) is 6.07 Å². The minimum atomic E-state index is 0.303. The molecule has 2 atom stereocenters. The molecule has 1 aromatic rings. The van der Waals surface area contributed by atoms with Crippen LogP contribution in [-0.2, 0) is 11.3 Å². The Kier molecular flexibility index (Phi) is 2.54. The highest BCUT2D eigenvalue weighted by atomic mass is 35.5. The summed E-state index contributed by atoms with van der Waals surface area (Å²) >= 11 is 6.29. The monoisotopic (exact) mass is 239 g/mol. The minimum absolute atomic E-state index is 0.303. The fourth-order valence-corrected chi connectivity index (χ4v) is 2.90. The van der Waals surface area contributed by atoms with Gasteiger partial charge in [0.2, 0.25) is 0 Å². The van der Waals surface area contributed by atoms with E-state index < -0.39 is 0 Å². The van der Waals surface area contributed by atoms with Gasteiger partial charge in [0.05, 0.1) is 24.8 Å². The molecule has 0 radical (unpaired) electrons. The number of nitrogens with one attached hydrogen (secondary N) is 1. The molecule has 2 heterocycles. The van der Waals surface area contributed by atoms with Gasteiger partial charge in [-0.05, 0) is 11.6 Å². The molecular formula is C12H14ClNO2. The van der Waals surface area contributed by atoms with E-state index in [0.717, 1.165) is 24.4 Å². The third-order valence-corrected chi connectivity index (χ3v) is 3.88. The second-order valence-electron chi connectivity index (χ2n) is 4.26. The van der Waals surface area contributed by atoms with Gasteiger partial charge in [-0.2, -0.15) is 0 Å². The van der Waals surface area contributed by atoms with Crippen LogP contribution < -0.4 is 10.1 Å². The number of fused-ring (bicyclic) bond motifs is 3. The molecule has 0 saturated carbocycles. The summed E-state index contributed by atoms with van der Waals surface area (Å²) in [6.07, 6.45) is 0.303. The van der Waals surface area contributed by atoms with Crippen LogP contribution in [0.1, 0.15) is 17.0 Å². The molecule has 0 unspecified atom stereocenters. The molecule has 3 rings (SSSR count). The standard InChI is InChI=1S/C12H14ClNO2/c1-15-10-3-2-7-8-4-14-5-11(8)16-6-9(7)12(10)13/h2-3,8,11,14H,4-6H2,1H3/t8-,11-/m1/s1. The molecule has 2 aliphatic heterocycles. The lowest BCUT2D eigenvalue weighted by atomic mass is 9.89. The first kappa shape index (κ1) is 10.4. The van der Waals surface area contributed by atoms with Gasteiger partial charge in [0.1, 0.15) is 5.75 Å². The zero-order valence-corrected chi connectivity index (χ0v) is 9.88. The molecule has 1 saturated heterocycles. The van der Waals surface area contributed by atoms with E-state index >= 15 is 0 Å². The molecule has 0 amide bonds. The summed E-state index contributed by atoms with van der Waals surface area (Å²) in [5.74, 6) is 1.17. The van der Waals surface area contributed by atoms with Crippen molar-refractivity contribution in [2.75, 3.05) is 20.2 Å². The van der Waals surface area contributed by atoms with E-state index in [-0.39, 0.29) is 0 Å². The Hall–Kier alpha value is -0.770. The lowest BCUT2D eigenvalue weighted by Crippen LogP contribution is -2.27. The lowest BCUT2D eigenvalue weighted by molar-refractivity contribution is 0.0298. The average Bonchev–Trinajstić information content (AvgIpc) is 2.77. The summed E-state index contributed by atoms with van der Waals surface area (Å²) in [5.41, 5.74) is 2.40. The molecule has 0 aromatic heterocycles. The zero-order valence-electron chi connectivity index (χ0n) is 9.13. The molecule has 2 aliphatic rings. The Balaban J connectivity index is 2.08. The Morgan fingerprint density at radius 3 is 3.12 bits per heavy atom. The summed E-state index contributed by atoms with van der Waals surface area (Å²) in [4.78, 5) is 0. The third-order valence-electron chi connectivity index (χ3n) is 3.46. The fourth-order valence-electron chi connectivity index (χ4n) is 2.60. The van der Waals surface area contributed by atoms with Crippen LogP contribution in [0.2, 0.25) is 5.02 Å². The van der Waals surface area contributed by atoms with E-state index in [4.69, 9.17) is 21.1 Å². The Labute approximate surface area is 99.7 Å². The van der Waals surface area contributed by atoms with Crippen molar-refractivity contribution in [3.8, 4) is 5.75 Å². The summed E-state index contributed by atoms with van der Waals surface area (Å²) in [6.45, 7) is 2.50. The number of hydrogen-bond donors (Lipinski definition) is 1. The topological polar surface area (TPSA) is 30.5 Å². The van der Waals surface area contributed by atoms with Crippen LogP contribution in [0.25, 0.3) is 0 Å². The molecule has 0 spiro atoms. The van der Waals surface area contributed by atoms with Crippen molar-refractivity contribution in [3.05, 3.63) is 28.3 Å². The van der Waals surface area contributed by atoms with Crippen molar-refractivity contribution in [3.63, 3.8) is 0 Å². The molecule has 86 valence electrons. The molecule has 1 aromatic carbocycles. The van der Waals surface area contributed by atoms with Gasteiger partial charge in [-0.15, -0.1) is 0 Å². The number of methoxy groups -OCH3 is 1. The Morgan fingerprint density at radius 2 is 2.31 bits per heavy atom. The minimum Gasteiger partial charge on any atom is -0.495 e. The molecule has 1 fully saturated rings. The first-order chi connectivity index (χ1) is 7.81. The van der Waals surface area contributed by atoms with Gasteiger partial charge in [-0.3, -0.25) is 0 Å². The smallest absolute Gasteiger partial charge is 0.137 e. The molecule has 1 N–H and O–H groups in total. The van der Waals surface area contributed by atoms with Crippen LogP contribution >= 0.6 is 11.6 Å².